The Kier molecular flexibility index (Phi) is 3.92. The summed E-state index contributed by atoms with van der Waals surface area (Å²) in [5, 5.41) is 5.20. The summed E-state index contributed by atoms with van der Waals surface area (Å²) in [6, 6.07) is 13.9. The quantitative estimate of drug-likeness (QED) is 0.803. The summed E-state index contributed by atoms with van der Waals surface area (Å²) < 4.78 is 0.221. The number of carbonyl (C=O) groups excluding carboxylic acids is 1. The summed E-state index contributed by atoms with van der Waals surface area (Å²) in [6.07, 6.45) is 1.76. The van der Waals surface area contributed by atoms with Crippen molar-refractivity contribution in [3.8, 4) is 0 Å². The fraction of sp³-hybridized carbons (Fsp3) is 0.278. The van der Waals surface area contributed by atoms with Crippen LogP contribution in [0.25, 0.3) is 10.8 Å². The second kappa shape index (κ2) is 5.60. The molecular formula is C18H17Cl2NO. The summed E-state index contributed by atoms with van der Waals surface area (Å²) in [6.45, 7) is 4.11. The molecule has 0 bridgehead atoms. The van der Waals surface area contributed by atoms with Crippen LogP contribution < -0.4 is 5.32 Å². The topological polar surface area (TPSA) is 29.1 Å². The second-order valence-corrected chi connectivity index (χ2v) is 7.30. The number of hydrogen-bond donors (Lipinski definition) is 1. The van der Waals surface area contributed by atoms with Gasteiger partial charge in [0.15, 0.2) is 0 Å². The minimum atomic E-state index is -0.121. The molecule has 0 spiro atoms. The minimum Gasteiger partial charge on any atom is -0.325 e. The number of allylic oxidation sites excluding steroid dienone is 1. The Hall–Kier alpha value is -1.51. The molecule has 3 rings (SSSR count). The lowest BCUT2D eigenvalue weighted by molar-refractivity contribution is -0.118. The van der Waals surface area contributed by atoms with Crippen LogP contribution in [0.1, 0.15) is 13.8 Å². The van der Waals surface area contributed by atoms with E-state index in [4.69, 9.17) is 23.2 Å². The molecule has 1 N–H and O–H groups in total. The number of rotatable bonds is 3. The van der Waals surface area contributed by atoms with E-state index in [1.54, 1.807) is 6.08 Å². The summed E-state index contributed by atoms with van der Waals surface area (Å²) in [5.41, 5.74) is 0.717. The molecule has 0 heterocycles. The second-order valence-electron chi connectivity index (χ2n) is 6.30. The number of benzene rings is 2. The normalized spacial score (nSPS) is 22.2. The molecule has 114 valence electrons. The van der Waals surface area contributed by atoms with Crippen LogP contribution in [0.4, 0.5) is 5.69 Å². The Morgan fingerprint density at radius 3 is 2.55 bits per heavy atom. The molecule has 1 aliphatic rings. The fourth-order valence-corrected chi connectivity index (χ4v) is 3.44. The third-order valence-electron chi connectivity index (χ3n) is 4.55. The predicted octanol–water partition coefficient (Wildman–Crippen LogP) is 5.37. The van der Waals surface area contributed by atoms with Crippen LogP contribution in [0.3, 0.4) is 0 Å². The number of halogens is 2. The highest BCUT2D eigenvalue weighted by Gasteiger charge is 2.60. The van der Waals surface area contributed by atoms with E-state index in [9.17, 15) is 4.79 Å². The number of hydrogen-bond acceptors (Lipinski definition) is 1. The first-order valence-corrected chi connectivity index (χ1v) is 7.98. The number of anilines is 1. The highest BCUT2D eigenvalue weighted by molar-refractivity contribution is 6.55. The first kappa shape index (κ1) is 15.4. The van der Waals surface area contributed by atoms with Gasteiger partial charge >= 0.3 is 0 Å². The lowest BCUT2D eigenvalue weighted by atomic mass is 10.1. The van der Waals surface area contributed by atoms with Crippen LogP contribution in [0.2, 0.25) is 0 Å². The molecule has 1 amide bonds. The van der Waals surface area contributed by atoms with E-state index in [2.05, 4.69) is 19.2 Å². The van der Waals surface area contributed by atoms with Crippen molar-refractivity contribution in [1.29, 1.82) is 0 Å². The zero-order chi connectivity index (χ0) is 15.9. The van der Waals surface area contributed by atoms with Gasteiger partial charge in [0.2, 0.25) is 5.91 Å². The molecule has 4 heteroatoms. The van der Waals surface area contributed by atoms with Crippen LogP contribution in [0, 0.1) is 17.3 Å². The van der Waals surface area contributed by atoms with Crippen molar-refractivity contribution in [2.75, 3.05) is 5.32 Å². The fourth-order valence-electron chi connectivity index (χ4n) is 3.17. The Labute approximate surface area is 140 Å². The third kappa shape index (κ3) is 2.73. The van der Waals surface area contributed by atoms with Crippen LogP contribution in [0.15, 0.2) is 53.0 Å². The van der Waals surface area contributed by atoms with Crippen molar-refractivity contribution >= 4 is 45.6 Å². The number of fused-ring (bicyclic) bond motifs is 1. The zero-order valence-electron chi connectivity index (χ0n) is 12.4. The zero-order valence-corrected chi connectivity index (χ0v) is 13.9. The monoisotopic (exact) mass is 333 g/mol. The Morgan fingerprint density at radius 1 is 1.14 bits per heavy atom. The molecule has 0 aliphatic heterocycles. The van der Waals surface area contributed by atoms with Crippen molar-refractivity contribution in [1.82, 2.24) is 0 Å². The highest BCUT2D eigenvalue weighted by Crippen LogP contribution is 2.60. The molecule has 2 atom stereocenters. The van der Waals surface area contributed by atoms with E-state index in [1.165, 1.54) is 0 Å². The van der Waals surface area contributed by atoms with Gasteiger partial charge in [-0.15, -0.1) is 0 Å². The van der Waals surface area contributed by atoms with Crippen molar-refractivity contribution in [3.05, 3.63) is 53.0 Å². The molecule has 0 saturated heterocycles. The molecular weight excluding hydrogens is 317 g/mol. The Bertz CT molecular complexity index is 757. The molecule has 2 unspecified atom stereocenters. The van der Waals surface area contributed by atoms with Gasteiger partial charge in [0.1, 0.15) is 4.49 Å². The smallest absolute Gasteiger partial charge is 0.228 e. The van der Waals surface area contributed by atoms with Crippen LogP contribution in [0.5, 0.6) is 0 Å². The lowest BCUT2D eigenvalue weighted by Gasteiger charge is -2.09. The number of amides is 1. The van der Waals surface area contributed by atoms with Crippen molar-refractivity contribution in [3.63, 3.8) is 0 Å². The van der Waals surface area contributed by atoms with E-state index < -0.39 is 0 Å². The number of carbonyl (C=O) groups is 1. The average molecular weight is 334 g/mol. The van der Waals surface area contributed by atoms with Gasteiger partial charge in [0.25, 0.3) is 0 Å². The first-order chi connectivity index (χ1) is 10.4. The lowest BCUT2D eigenvalue weighted by Crippen LogP contribution is -2.17. The van der Waals surface area contributed by atoms with E-state index in [-0.39, 0.29) is 27.6 Å². The maximum absolute atomic E-state index is 12.6. The van der Waals surface area contributed by atoms with Gasteiger partial charge in [-0.3, -0.25) is 4.79 Å². The van der Waals surface area contributed by atoms with Gasteiger partial charge in [0.05, 0.1) is 5.92 Å². The summed E-state index contributed by atoms with van der Waals surface area (Å²) in [4.78, 5) is 12.6. The van der Waals surface area contributed by atoms with Crippen molar-refractivity contribution < 1.29 is 4.79 Å². The molecule has 2 nitrogen and oxygen atoms in total. The van der Waals surface area contributed by atoms with E-state index >= 15 is 0 Å². The van der Waals surface area contributed by atoms with Gasteiger partial charge < -0.3 is 5.32 Å². The van der Waals surface area contributed by atoms with Gasteiger partial charge in [-0.2, -0.15) is 0 Å². The van der Waals surface area contributed by atoms with E-state index in [0.717, 1.165) is 16.5 Å². The highest BCUT2D eigenvalue weighted by atomic mass is 35.5. The Morgan fingerprint density at radius 2 is 1.82 bits per heavy atom. The van der Waals surface area contributed by atoms with Crippen molar-refractivity contribution in [2.45, 2.75) is 13.8 Å². The maximum Gasteiger partial charge on any atom is 0.228 e. The van der Waals surface area contributed by atoms with Gasteiger partial charge in [-0.1, -0.05) is 73.4 Å². The van der Waals surface area contributed by atoms with E-state index in [0.29, 0.717) is 0 Å². The van der Waals surface area contributed by atoms with Crippen LogP contribution in [-0.4, -0.2) is 5.91 Å². The van der Waals surface area contributed by atoms with Crippen LogP contribution in [-0.2, 0) is 4.79 Å². The summed E-state index contributed by atoms with van der Waals surface area (Å²) in [7, 11) is 0. The SMILES string of the molecule is CC1(C)C(C=C(Cl)Cl)C1C(=O)Nc1cccc2ccccc12. The maximum atomic E-state index is 12.6. The molecule has 22 heavy (non-hydrogen) atoms. The molecule has 1 aliphatic carbocycles. The summed E-state index contributed by atoms with van der Waals surface area (Å²) in [5.74, 6) is -0.0244. The van der Waals surface area contributed by atoms with Crippen LogP contribution >= 0.6 is 23.2 Å². The Balaban J connectivity index is 1.84. The van der Waals surface area contributed by atoms with Gasteiger partial charge in [-0.25, -0.2) is 0 Å². The van der Waals surface area contributed by atoms with Crippen molar-refractivity contribution in [2.24, 2.45) is 17.3 Å². The molecule has 0 radical (unpaired) electrons. The summed E-state index contributed by atoms with van der Waals surface area (Å²) >= 11 is 11.5. The van der Waals surface area contributed by atoms with E-state index in [1.807, 2.05) is 42.5 Å². The molecule has 0 aromatic heterocycles. The minimum absolute atomic E-state index is 0.0113. The van der Waals surface area contributed by atoms with Gasteiger partial charge in [0, 0.05) is 11.1 Å². The molecule has 2 aromatic carbocycles. The predicted molar refractivity (Wildman–Crippen MR) is 93.1 cm³/mol. The first-order valence-electron chi connectivity index (χ1n) is 7.22. The largest absolute Gasteiger partial charge is 0.325 e. The molecule has 2 aromatic rings. The third-order valence-corrected chi connectivity index (χ3v) is 4.80. The molecule has 1 fully saturated rings. The molecule has 1 saturated carbocycles. The number of nitrogens with one attached hydrogen (secondary N) is 1. The average Bonchev–Trinajstić information content (AvgIpc) is 2.99. The van der Waals surface area contributed by atoms with Gasteiger partial charge in [-0.05, 0) is 28.9 Å². The standard InChI is InChI=1S/C18H17Cl2NO/c1-18(2)13(10-15(19)20)16(18)17(22)21-14-9-5-7-11-6-3-4-8-12(11)14/h3-10,13,16H,1-2H3,(H,21,22).